The summed E-state index contributed by atoms with van der Waals surface area (Å²) in [4.78, 5) is 23.9. The Morgan fingerprint density at radius 2 is 1.24 bits per heavy atom. The molecule has 0 spiro atoms. The number of rotatable bonds is 8. The van der Waals surface area contributed by atoms with Gasteiger partial charge in [0.2, 0.25) is 0 Å². The van der Waals surface area contributed by atoms with Crippen LogP contribution in [0.25, 0.3) is 12.2 Å². The van der Waals surface area contributed by atoms with Crippen molar-refractivity contribution >= 4 is 23.7 Å². The van der Waals surface area contributed by atoms with Crippen LogP contribution < -0.4 is 9.47 Å². The van der Waals surface area contributed by atoms with Crippen molar-refractivity contribution in [3.05, 3.63) is 59.7 Å². The number of allylic oxidation sites excluding steroid dienone is 2. The number of carbonyl (C=O) groups is 2. The summed E-state index contributed by atoms with van der Waals surface area (Å²) in [6.07, 6.45) is 5.44. The third kappa shape index (κ3) is 7.23. The molecule has 0 fully saturated rings. The van der Waals surface area contributed by atoms with Crippen molar-refractivity contribution in [3.8, 4) is 29.6 Å². The highest BCUT2D eigenvalue weighted by Gasteiger charge is 2.06. The van der Waals surface area contributed by atoms with Crippen molar-refractivity contribution in [1.82, 2.24) is 0 Å². The number of hydrogen-bond acceptors (Lipinski definition) is 7. The molecule has 7 nitrogen and oxygen atoms in total. The predicted octanol–water partition coefficient (Wildman–Crippen LogP) is 3.51. The Labute approximate surface area is 168 Å². The zero-order valence-electron chi connectivity index (χ0n) is 16.0. The van der Waals surface area contributed by atoms with Crippen LogP contribution in [0.3, 0.4) is 0 Å². The van der Waals surface area contributed by atoms with Crippen LogP contribution >= 0.6 is 0 Å². The van der Waals surface area contributed by atoms with Gasteiger partial charge in [-0.05, 0) is 47.5 Å². The third-order valence-electron chi connectivity index (χ3n) is 3.68. The van der Waals surface area contributed by atoms with Crippen molar-refractivity contribution in [2.24, 2.45) is 0 Å². The molecule has 0 aliphatic carbocycles. The quantitative estimate of drug-likeness (QED) is 0.519. The second kappa shape index (κ2) is 11.6. The molecule has 0 saturated carbocycles. The molecule has 7 heteroatoms. The first-order valence-corrected chi connectivity index (χ1v) is 8.34. The van der Waals surface area contributed by atoms with Gasteiger partial charge in [0.05, 0.1) is 20.6 Å². The van der Waals surface area contributed by atoms with E-state index in [9.17, 15) is 19.8 Å². The lowest BCUT2D eigenvalue weighted by Crippen LogP contribution is -2.01. The number of hydrogen-bond donors (Lipinski definition) is 2. The Bertz CT molecular complexity index is 870. The number of nitrogens with zero attached hydrogens (tertiary/aromatic N) is 1. The Morgan fingerprint density at radius 1 is 0.862 bits per heavy atom. The second-order valence-electron chi connectivity index (χ2n) is 5.64. The van der Waals surface area contributed by atoms with E-state index in [1.54, 1.807) is 36.4 Å². The predicted molar refractivity (Wildman–Crippen MR) is 109 cm³/mol. The topological polar surface area (TPSA) is 117 Å². The maximum Gasteiger partial charge on any atom is 0.163 e. The molecule has 29 heavy (non-hydrogen) atoms. The summed E-state index contributed by atoms with van der Waals surface area (Å²) in [5.41, 5.74) is 1.33. The smallest absolute Gasteiger partial charge is 0.163 e. The molecular formula is C22H21NO6. The Morgan fingerprint density at radius 3 is 1.59 bits per heavy atom. The van der Waals surface area contributed by atoms with Gasteiger partial charge >= 0.3 is 0 Å². The van der Waals surface area contributed by atoms with Crippen molar-refractivity contribution in [2.45, 2.75) is 6.42 Å². The van der Waals surface area contributed by atoms with Crippen molar-refractivity contribution in [1.29, 1.82) is 5.26 Å². The second-order valence-corrected chi connectivity index (χ2v) is 5.64. The Kier molecular flexibility index (Phi) is 9.21. The number of phenols is 2. The van der Waals surface area contributed by atoms with Crippen LogP contribution in [0.4, 0.5) is 0 Å². The zero-order valence-corrected chi connectivity index (χ0v) is 16.0. The van der Waals surface area contributed by atoms with Gasteiger partial charge in [-0.1, -0.05) is 24.3 Å². The summed E-state index contributed by atoms with van der Waals surface area (Å²) in [5, 5.41) is 25.6. The van der Waals surface area contributed by atoms with E-state index < -0.39 is 0 Å². The van der Waals surface area contributed by atoms with Crippen molar-refractivity contribution in [3.63, 3.8) is 0 Å². The van der Waals surface area contributed by atoms with E-state index in [0.29, 0.717) is 22.6 Å². The van der Waals surface area contributed by atoms with Crippen molar-refractivity contribution in [2.75, 3.05) is 14.2 Å². The molecule has 2 aromatic carbocycles. The number of nitriles is 1. The van der Waals surface area contributed by atoms with Crippen molar-refractivity contribution < 1.29 is 29.3 Å². The molecule has 0 atom stereocenters. The summed E-state index contributed by atoms with van der Waals surface area (Å²) in [6.45, 7) is 3.50. The summed E-state index contributed by atoms with van der Waals surface area (Å²) in [6, 6.07) is 9.34. The SMILES string of the molecule is C#N.COc1cc(C=CC(=O)CC(=O)C=Cc2ccc(O)c(OC)c2)ccc1O. The van der Waals surface area contributed by atoms with Gasteiger partial charge in [-0.25, -0.2) is 5.26 Å². The van der Waals surface area contributed by atoms with E-state index in [1.807, 2.05) is 0 Å². The highest BCUT2D eigenvalue weighted by Crippen LogP contribution is 2.27. The highest BCUT2D eigenvalue weighted by molar-refractivity contribution is 6.10. The first-order valence-electron chi connectivity index (χ1n) is 8.34. The fourth-order valence-corrected chi connectivity index (χ4v) is 2.26. The van der Waals surface area contributed by atoms with Gasteiger partial charge in [-0.2, -0.15) is 0 Å². The van der Waals surface area contributed by atoms with E-state index in [1.165, 1.54) is 38.5 Å². The summed E-state index contributed by atoms with van der Waals surface area (Å²) >= 11 is 0. The fourth-order valence-electron chi connectivity index (χ4n) is 2.26. The van der Waals surface area contributed by atoms with Crippen LogP contribution in [0.15, 0.2) is 48.6 Å². The first kappa shape index (κ1) is 23.0. The lowest BCUT2D eigenvalue weighted by molar-refractivity contribution is -0.121. The van der Waals surface area contributed by atoms with Crippen LogP contribution in [0.5, 0.6) is 23.0 Å². The molecule has 2 rings (SSSR count). The fraction of sp³-hybridized carbons (Fsp3) is 0.136. The van der Waals surface area contributed by atoms with E-state index in [-0.39, 0.29) is 29.5 Å². The normalized spacial score (nSPS) is 10.3. The van der Waals surface area contributed by atoms with Gasteiger partial charge in [0.15, 0.2) is 34.6 Å². The molecule has 0 amide bonds. The first-order chi connectivity index (χ1) is 13.9. The van der Waals surface area contributed by atoms with E-state index >= 15 is 0 Å². The van der Waals surface area contributed by atoms with Crippen LogP contribution in [0, 0.1) is 11.8 Å². The minimum Gasteiger partial charge on any atom is -0.504 e. The average molecular weight is 395 g/mol. The Hall–Kier alpha value is -4.05. The molecule has 0 unspecified atom stereocenters. The molecular weight excluding hydrogens is 374 g/mol. The Balaban J connectivity index is 0.00000204. The monoisotopic (exact) mass is 395 g/mol. The summed E-state index contributed by atoms with van der Waals surface area (Å²) < 4.78 is 10.00. The number of ketones is 2. The van der Waals surface area contributed by atoms with E-state index in [0.717, 1.165) is 0 Å². The average Bonchev–Trinajstić information content (AvgIpc) is 2.74. The van der Waals surface area contributed by atoms with Gasteiger partial charge < -0.3 is 19.7 Å². The van der Waals surface area contributed by atoms with Gasteiger partial charge in [-0.3, -0.25) is 9.59 Å². The summed E-state index contributed by atoms with van der Waals surface area (Å²) in [7, 11) is 2.87. The van der Waals surface area contributed by atoms with Crippen LogP contribution in [-0.2, 0) is 9.59 Å². The number of methoxy groups -OCH3 is 2. The number of carbonyl (C=O) groups excluding carboxylic acids is 2. The molecule has 0 aliphatic heterocycles. The van der Waals surface area contributed by atoms with E-state index in [2.05, 4.69) is 6.57 Å². The molecule has 0 radical (unpaired) electrons. The molecule has 150 valence electrons. The molecule has 0 saturated heterocycles. The lowest BCUT2D eigenvalue weighted by Gasteiger charge is -2.03. The van der Waals surface area contributed by atoms with Gasteiger partial charge in [0.1, 0.15) is 0 Å². The number of aromatic hydroxyl groups is 2. The van der Waals surface area contributed by atoms with Gasteiger partial charge in [0, 0.05) is 6.57 Å². The number of phenolic OH excluding ortho intramolecular Hbond substituents is 2. The third-order valence-corrected chi connectivity index (χ3v) is 3.68. The molecule has 2 N–H and O–H groups in total. The molecule has 0 bridgehead atoms. The zero-order chi connectivity index (χ0) is 21.8. The van der Waals surface area contributed by atoms with E-state index in [4.69, 9.17) is 14.7 Å². The molecule has 0 heterocycles. The largest absolute Gasteiger partial charge is 0.504 e. The molecule has 0 aromatic heterocycles. The minimum absolute atomic E-state index is 0.00662. The maximum absolute atomic E-state index is 11.9. The van der Waals surface area contributed by atoms with Gasteiger partial charge in [0.25, 0.3) is 0 Å². The number of ether oxygens (including phenoxy) is 2. The molecule has 2 aromatic rings. The standard InChI is InChI=1S/C21H20O6.CHN/c1-26-20-11-14(5-9-18(20)24)3-7-16(22)13-17(23)8-4-15-6-10-19(25)21(12-15)27-2;1-2/h3-12,24-25H,13H2,1-2H3;1H. The van der Waals surface area contributed by atoms with Crippen LogP contribution in [0.2, 0.25) is 0 Å². The molecule has 0 aliphatic rings. The summed E-state index contributed by atoms with van der Waals surface area (Å²) in [5.74, 6) is -0.0832. The maximum atomic E-state index is 11.9. The number of benzene rings is 2. The minimum atomic E-state index is -0.347. The highest BCUT2D eigenvalue weighted by atomic mass is 16.5. The van der Waals surface area contributed by atoms with Crippen LogP contribution in [0.1, 0.15) is 17.5 Å². The van der Waals surface area contributed by atoms with Gasteiger partial charge in [-0.15, -0.1) is 0 Å². The lowest BCUT2D eigenvalue weighted by atomic mass is 10.1. The van der Waals surface area contributed by atoms with Crippen LogP contribution in [-0.4, -0.2) is 36.0 Å².